The standard InChI is InChI=1S/C15H21N3/c1-13(11-16)18-9-7-15(12-17,8-10-18)14-5-3-2-4-6-14/h2-6,13H,7-11,16H2,1H3. The number of likely N-dealkylation sites (tertiary alicyclic amines) is 1. The van der Waals surface area contributed by atoms with Crippen molar-refractivity contribution >= 4 is 0 Å². The third-order valence-corrected chi connectivity index (χ3v) is 4.16. The smallest absolute Gasteiger partial charge is 0.0846 e. The third-order valence-electron chi connectivity index (χ3n) is 4.16. The molecule has 2 N–H and O–H groups in total. The molecule has 1 saturated heterocycles. The lowest BCUT2D eigenvalue weighted by Gasteiger charge is -2.40. The predicted molar refractivity (Wildman–Crippen MR) is 73.1 cm³/mol. The molecule has 0 spiro atoms. The number of piperidine rings is 1. The van der Waals surface area contributed by atoms with Crippen molar-refractivity contribution in [1.82, 2.24) is 4.90 Å². The van der Waals surface area contributed by atoms with Crippen LogP contribution >= 0.6 is 0 Å². The molecule has 18 heavy (non-hydrogen) atoms. The fraction of sp³-hybridized carbons (Fsp3) is 0.533. The van der Waals surface area contributed by atoms with Gasteiger partial charge in [-0.1, -0.05) is 30.3 Å². The van der Waals surface area contributed by atoms with E-state index in [1.807, 2.05) is 18.2 Å². The van der Waals surface area contributed by atoms with Crippen molar-refractivity contribution in [2.45, 2.75) is 31.2 Å². The van der Waals surface area contributed by atoms with E-state index in [-0.39, 0.29) is 5.41 Å². The minimum Gasteiger partial charge on any atom is -0.329 e. The Balaban J connectivity index is 2.13. The van der Waals surface area contributed by atoms with Gasteiger partial charge in [0.15, 0.2) is 0 Å². The summed E-state index contributed by atoms with van der Waals surface area (Å²) in [7, 11) is 0. The van der Waals surface area contributed by atoms with Crippen molar-refractivity contribution in [3.63, 3.8) is 0 Å². The van der Waals surface area contributed by atoms with Crippen LogP contribution < -0.4 is 5.73 Å². The monoisotopic (exact) mass is 243 g/mol. The Bertz CT molecular complexity index is 413. The largest absolute Gasteiger partial charge is 0.329 e. The first kappa shape index (κ1) is 13.1. The van der Waals surface area contributed by atoms with E-state index in [1.54, 1.807) is 0 Å². The Morgan fingerprint density at radius 2 is 1.94 bits per heavy atom. The first-order valence-corrected chi connectivity index (χ1v) is 6.63. The Morgan fingerprint density at radius 1 is 1.33 bits per heavy atom. The summed E-state index contributed by atoms with van der Waals surface area (Å²) in [6, 6.07) is 13.2. The molecule has 0 aliphatic carbocycles. The summed E-state index contributed by atoms with van der Waals surface area (Å²) in [5.41, 5.74) is 6.57. The van der Waals surface area contributed by atoms with Crippen molar-refractivity contribution in [2.24, 2.45) is 5.73 Å². The van der Waals surface area contributed by atoms with Crippen molar-refractivity contribution in [2.75, 3.05) is 19.6 Å². The molecule has 0 aromatic heterocycles. The summed E-state index contributed by atoms with van der Waals surface area (Å²) < 4.78 is 0. The molecule has 1 atom stereocenters. The summed E-state index contributed by atoms with van der Waals surface area (Å²) in [6.07, 6.45) is 1.80. The normalized spacial score (nSPS) is 21.2. The zero-order chi connectivity index (χ0) is 13.0. The van der Waals surface area contributed by atoms with Gasteiger partial charge in [-0.05, 0) is 25.3 Å². The molecule has 1 aromatic carbocycles. The van der Waals surface area contributed by atoms with E-state index in [0.29, 0.717) is 12.6 Å². The first-order valence-electron chi connectivity index (χ1n) is 6.63. The number of benzene rings is 1. The van der Waals surface area contributed by atoms with Crippen LogP contribution in [0.4, 0.5) is 0 Å². The number of hydrogen-bond donors (Lipinski definition) is 1. The van der Waals surface area contributed by atoms with Crippen molar-refractivity contribution in [1.29, 1.82) is 5.26 Å². The molecule has 1 aliphatic heterocycles. The average Bonchev–Trinajstić information content (AvgIpc) is 2.47. The summed E-state index contributed by atoms with van der Waals surface area (Å²) in [5.74, 6) is 0. The lowest BCUT2D eigenvalue weighted by Crippen LogP contribution is -2.47. The maximum atomic E-state index is 9.58. The van der Waals surface area contributed by atoms with Crippen LogP contribution in [0.2, 0.25) is 0 Å². The second-order valence-corrected chi connectivity index (χ2v) is 5.18. The highest BCUT2D eigenvalue weighted by Gasteiger charge is 2.37. The Hall–Kier alpha value is -1.37. The number of nitriles is 1. The van der Waals surface area contributed by atoms with Gasteiger partial charge in [0.2, 0.25) is 0 Å². The van der Waals surface area contributed by atoms with E-state index < -0.39 is 0 Å². The highest BCUT2D eigenvalue weighted by Crippen LogP contribution is 2.35. The summed E-state index contributed by atoms with van der Waals surface area (Å²) in [6.45, 7) is 4.76. The van der Waals surface area contributed by atoms with Gasteiger partial charge in [0.25, 0.3) is 0 Å². The maximum Gasteiger partial charge on any atom is 0.0846 e. The van der Waals surface area contributed by atoms with Gasteiger partial charge in [0.05, 0.1) is 11.5 Å². The van der Waals surface area contributed by atoms with Crippen LogP contribution in [0.3, 0.4) is 0 Å². The molecule has 2 rings (SSSR count). The molecule has 3 heteroatoms. The highest BCUT2D eigenvalue weighted by molar-refractivity contribution is 5.33. The van der Waals surface area contributed by atoms with E-state index in [4.69, 9.17) is 5.73 Å². The van der Waals surface area contributed by atoms with Crippen LogP contribution in [0.25, 0.3) is 0 Å². The topological polar surface area (TPSA) is 53.0 Å². The van der Waals surface area contributed by atoms with E-state index in [1.165, 1.54) is 0 Å². The predicted octanol–water partition coefficient (Wildman–Crippen LogP) is 1.89. The first-order chi connectivity index (χ1) is 8.72. The molecule has 1 unspecified atom stereocenters. The zero-order valence-electron chi connectivity index (χ0n) is 11.0. The maximum absolute atomic E-state index is 9.58. The molecule has 1 fully saturated rings. The summed E-state index contributed by atoms with van der Waals surface area (Å²) in [5, 5.41) is 9.58. The van der Waals surface area contributed by atoms with E-state index in [0.717, 1.165) is 31.5 Å². The number of nitrogens with two attached hydrogens (primary N) is 1. The molecule has 1 heterocycles. The SMILES string of the molecule is CC(CN)N1CCC(C#N)(c2ccccc2)CC1. The minimum absolute atomic E-state index is 0.300. The number of rotatable bonds is 3. The summed E-state index contributed by atoms with van der Waals surface area (Å²) in [4.78, 5) is 2.39. The minimum atomic E-state index is -0.300. The molecule has 0 radical (unpaired) electrons. The van der Waals surface area contributed by atoms with Crippen molar-refractivity contribution in [3.8, 4) is 6.07 Å². The lowest BCUT2D eigenvalue weighted by molar-refractivity contribution is 0.145. The van der Waals surface area contributed by atoms with Crippen molar-refractivity contribution < 1.29 is 0 Å². The van der Waals surface area contributed by atoms with Crippen LogP contribution in [-0.4, -0.2) is 30.6 Å². The molecule has 1 aromatic rings. The van der Waals surface area contributed by atoms with Crippen LogP contribution in [-0.2, 0) is 5.41 Å². The second-order valence-electron chi connectivity index (χ2n) is 5.18. The Morgan fingerprint density at radius 3 is 2.44 bits per heavy atom. The van der Waals surface area contributed by atoms with Gasteiger partial charge in [-0.3, -0.25) is 4.90 Å². The molecule has 0 amide bonds. The van der Waals surface area contributed by atoms with Gasteiger partial charge in [-0.15, -0.1) is 0 Å². The quantitative estimate of drug-likeness (QED) is 0.882. The van der Waals surface area contributed by atoms with Gasteiger partial charge in [0, 0.05) is 25.7 Å². The average molecular weight is 243 g/mol. The summed E-state index contributed by atoms with van der Waals surface area (Å²) >= 11 is 0. The van der Waals surface area contributed by atoms with Gasteiger partial charge in [0.1, 0.15) is 0 Å². The van der Waals surface area contributed by atoms with Crippen LogP contribution in [0, 0.1) is 11.3 Å². The molecule has 96 valence electrons. The van der Waals surface area contributed by atoms with Crippen LogP contribution in [0.15, 0.2) is 30.3 Å². The van der Waals surface area contributed by atoms with Gasteiger partial charge < -0.3 is 5.73 Å². The number of nitrogens with zero attached hydrogens (tertiary/aromatic N) is 2. The highest BCUT2D eigenvalue weighted by atomic mass is 15.2. The second kappa shape index (κ2) is 5.51. The van der Waals surface area contributed by atoms with E-state index in [9.17, 15) is 5.26 Å². The molecule has 3 nitrogen and oxygen atoms in total. The zero-order valence-corrected chi connectivity index (χ0v) is 11.0. The van der Waals surface area contributed by atoms with Crippen LogP contribution in [0.5, 0.6) is 0 Å². The molecular formula is C15H21N3. The van der Waals surface area contributed by atoms with E-state index >= 15 is 0 Å². The molecule has 1 aliphatic rings. The fourth-order valence-electron chi connectivity index (χ4n) is 2.72. The van der Waals surface area contributed by atoms with Gasteiger partial charge >= 0.3 is 0 Å². The number of hydrogen-bond acceptors (Lipinski definition) is 3. The Labute approximate surface area is 109 Å². The molecular weight excluding hydrogens is 222 g/mol. The molecule has 0 bridgehead atoms. The fourth-order valence-corrected chi connectivity index (χ4v) is 2.72. The van der Waals surface area contributed by atoms with Crippen LogP contribution in [0.1, 0.15) is 25.3 Å². The lowest BCUT2D eigenvalue weighted by atomic mass is 9.74. The Kier molecular flexibility index (Phi) is 4.00. The van der Waals surface area contributed by atoms with E-state index in [2.05, 4.69) is 30.0 Å². The van der Waals surface area contributed by atoms with Crippen molar-refractivity contribution in [3.05, 3.63) is 35.9 Å². The third kappa shape index (κ3) is 2.40. The molecule has 0 saturated carbocycles. The van der Waals surface area contributed by atoms with Gasteiger partial charge in [-0.2, -0.15) is 5.26 Å². The van der Waals surface area contributed by atoms with Gasteiger partial charge in [-0.25, -0.2) is 0 Å².